The fourth-order valence-corrected chi connectivity index (χ4v) is 3.07. The molecule has 0 saturated carbocycles. The Morgan fingerprint density at radius 1 is 1.22 bits per heavy atom. The lowest BCUT2D eigenvalue weighted by atomic mass is 10.2. The molecule has 1 aromatic carbocycles. The van der Waals surface area contributed by atoms with E-state index in [9.17, 15) is 0 Å². The van der Waals surface area contributed by atoms with Crippen LogP contribution in [-0.4, -0.2) is 23.5 Å². The van der Waals surface area contributed by atoms with Gasteiger partial charge >= 0.3 is 0 Å². The molecule has 3 rings (SSSR count). The lowest BCUT2D eigenvalue weighted by Gasteiger charge is -2.20. The number of aromatic nitrogens is 1. The molecule has 18 heavy (non-hydrogen) atoms. The molecule has 0 aliphatic carbocycles. The standard InChI is InChI=1S/C15H14N2S/c1-17-10-9-13-14(11-17)18-15(16-13)8-7-12-5-3-2-4-6-12/h2-6H,9-11H2,1H3. The first kappa shape index (κ1) is 11.5. The summed E-state index contributed by atoms with van der Waals surface area (Å²) in [6.45, 7) is 2.11. The minimum atomic E-state index is 0.944. The number of rotatable bonds is 0. The average Bonchev–Trinajstić information content (AvgIpc) is 2.79. The summed E-state index contributed by atoms with van der Waals surface area (Å²) in [5.41, 5.74) is 2.29. The molecule has 1 aliphatic rings. The van der Waals surface area contributed by atoms with Crippen LogP contribution in [0.5, 0.6) is 0 Å². The molecule has 3 heteroatoms. The highest BCUT2D eigenvalue weighted by atomic mass is 32.1. The van der Waals surface area contributed by atoms with Gasteiger partial charge in [-0.1, -0.05) is 24.1 Å². The van der Waals surface area contributed by atoms with Gasteiger partial charge in [-0.3, -0.25) is 0 Å². The van der Waals surface area contributed by atoms with E-state index in [-0.39, 0.29) is 0 Å². The maximum atomic E-state index is 4.62. The number of benzene rings is 1. The number of likely N-dealkylation sites (N-methyl/N-ethyl adjacent to an activating group) is 1. The van der Waals surface area contributed by atoms with Gasteiger partial charge < -0.3 is 4.90 Å². The highest BCUT2D eigenvalue weighted by molar-refractivity contribution is 7.12. The first-order valence-corrected chi connectivity index (χ1v) is 6.87. The van der Waals surface area contributed by atoms with Crippen LogP contribution in [0.1, 0.15) is 21.1 Å². The number of thiazole rings is 1. The van der Waals surface area contributed by atoms with E-state index in [2.05, 4.69) is 28.8 Å². The van der Waals surface area contributed by atoms with Crippen molar-refractivity contribution in [2.24, 2.45) is 0 Å². The molecule has 2 heterocycles. The van der Waals surface area contributed by atoms with Gasteiger partial charge in [0.15, 0.2) is 5.01 Å². The number of hydrogen-bond donors (Lipinski definition) is 0. The number of fused-ring (bicyclic) bond motifs is 1. The van der Waals surface area contributed by atoms with E-state index in [1.54, 1.807) is 11.3 Å². The van der Waals surface area contributed by atoms with Gasteiger partial charge in [0.2, 0.25) is 0 Å². The van der Waals surface area contributed by atoms with E-state index in [4.69, 9.17) is 0 Å². The molecule has 0 N–H and O–H groups in total. The third kappa shape index (κ3) is 2.45. The molecule has 0 fully saturated rings. The van der Waals surface area contributed by atoms with Crippen molar-refractivity contribution >= 4 is 11.3 Å². The summed E-state index contributed by atoms with van der Waals surface area (Å²) in [5, 5.41) is 0.944. The van der Waals surface area contributed by atoms with Crippen LogP contribution in [-0.2, 0) is 13.0 Å². The molecule has 0 spiro atoms. The third-order valence-corrected chi connectivity index (χ3v) is 4.01. The predicted octanol–water partition coefficient (Wildman–Crippen LogP) is 2.53. The van der Waals surface area contributed by atoms with Crippen molar-refractivity contribution in [2.75, 3.05) is 13.6 Å². The van der Waals surface area contributed by atoms with E-state index in [1.807, 2.05) is 30.3 Å². The molecule has 90 valence electrons. The van der Waals surface area contributed by atoms with Crippen molar-refractivity contribution in [1.82, 2.24) is 9.88 Å². The Labute approximate surface area is 111 Å². The van der Waals surface area contributed by atoms with Crippen LogP contribution in [0.3, 0.4) is 0 Å². The zero-order valence-electron chi connectivity index (χ0n) is 10.3. The molecule has 0 atom stereocenters. The first-order valence-electron chi connectivity index (χ1n) is 6.05. The summed E-state index contributed by atoms with van der Waals surface area (Å²) >= 11 is 1.73. The number of hydrogen-bond acceptors (Lipinski definition) is 3. The highest BCUT2D eigenvalue weighted by Crippen LogP contribution is 2.23. The molecule has 1 aromatic heterocycles. The maximum absolute atomic E-state index is 4.62. The first-order chi connectivity index (χ1) is 8.81. The quantitative estimate of drug-likeness (QED) is 0.672. The second-order valence-electron chi connectivity index (χ2n) is 4.49. The van der Waals surface area contributed by atoms with Crippen LogP contribution in [0.2, 0.25) is 0 Å². The van der Waals surface area contributed by atoms with E-state index in [1.165, 1.54) is 10.6 Å². The summed E-state index contributed by atoms with van der Waals surface area (Å²) in [7, 11) is 2.15. The Kier molecular flexibility index (Phi) is 3.14. The minimum Gasteiger partial charge on any atom is -0.301 e. The third-order valence-electron chi connectivity index (χ3n) is 3.01. The van der Waals surface area contributed by atoms with Crippen LogP contribution in [0, 0.1) is 11.8 Å². The van der Waals surface area contributed by atoms with E-state index in [0.717, 1.165) is 30.1 Å². The lowest BCUT2D eigenvalue weighted by molar-refractivity contribution is 0.314. The molecular weight excluding hydrogens is 240 g/mol. The van der Waals surface area contributed by atoms with Gasteiger partial charge in [-0.25, -0.2) is 4.98 Å². The summed E-state index contributed by atoms with van der Waals surface area (Å²) in [6, 6.07) is 10.1. The van der Waals surface area contributed by atoms with Crippen LogP contribution < -0.4 is 0 Å². The summed E-state index contributed by atoms with van der Waals surface area (Å²) < 4.78 is 0. The fourth-order valence-electron chi connectivity index (χ4n) is 2.02. The van der Waals surface area contributed by atoms with Gasteiger partial charge in [0.05, 0.1) is 5.69 Å². The number of nitrogens with zero attached hydrogens (tertiary/aromatic N) is 2. The molecule has 0 amide bonds. The Morgan fingerprint density at radius 2 is 2.06 bits per heavy atom. The normalized spacial score (nSPS) is 14.7. The van der Waals surface area contributed by atoms with Crippen molar-refractivity contribution in [3.8, 4) is 11.8 Å². The molecule has 0 unspecified atom stereocenters. The minimum absolute atomic E-state index is 0.944. The highest BCUT2D eigenvalue weighted by Gasteiger charge is 2.17. The van der Waals surface area contributed by atoms with E-state index < -0.39 is 0 Å². The van der Waals surface area contributed by atoms with Crippen molar-refractivity contribution in [3.05, 3.63) is 51.5 Å². The van der Waals surface area contributed by atoms with Gasteiger partial charge in [0.1, 0.15) is 0 Å². The molecule has 2 aromatic rings. The summed E-state index contributed by atoms with van der Waals surface area (Å²) in [4.78, 5) is 8.32. The monoisotopic (exact) mass is 254 g/mol. The zero-order valence-corrected chi connectivity index (χ0v) is 11.1. The average molecular weight is 254 g/mol. The van der Waals surface area contributed by atoms with Crippen LogP contribution in [0.4, 0.5) is 0 Å². The van der Waals surface area contributed by atoms with Crippen molar-refractivity contribution in [3.63, 3.8) is 0 Å². The largest absolute Gasteiger partial charge is 0.301 e. The van der Waals surface area contributed by atoms with Gasteiger partial charge in [-0.15, -0.1) is 11.3 Å². The predicted molar refractivity (Wildman–Crippen MR) is 74.6 cm³/mol. The van der Waals surface area contributed by atoms with Crippen molar-refractivity contribution in [1.29, 1.82) is 0 Å². The molecule has 0 bridgehead atoms. The Balaban J connectivity index is 1.85. The molecule has 0 saturated heterocycles. The molecule has 1 aliphatic heterocycles. The van der Waals surface area contributed by atoms with Crippen molar-refractivity contribution < 1.29 is 0 Å². The Hall–Kier alpha value is -1.63. The summed E-state index contributed by atoms with van der Waals surface area (Å²) in [6.07, 6.45) is 1.05. The SMILES string of the molecule is CN1CCc2nc(C#Cc3ccccc3)sc2C1. The van der Waals surface area contributed by atoms with Crippen molar-refractivity contribution in [2.45, 2.75) is 13.0 Å². The van der Waals surface area contributed by atoms with Crippen LogP contribution >= 0.6 is 11.3 Å². The second-order valence-corrected chi connectivity index (χ2v) is 5.58. The van der Waals surface area contributed by atoms with Gasteiger partial charge in [0, 0.05) is 30.0 Å². The van der Waals surface area contributed by atoms with Gasteiger partial charge in [-0.05, 0) is 25.1 Å². The lowest BCUT2D eigenvalue weighted by Crippen LogP contribution is -2.25. The van der Waals surface area contributed by atoms with E-state index in [0.29, 0.717) is 0 Å². The van der Waals surface area contributed by atoms with Gasteiger partial charge in [-0.2, -0.15) is 0 Å². The summed E-state index contributed by atoms with van der Waals surface area (Å²) in [5.74, 6) is 6.34. The van der Waals surface area contributed by atoms with Crippen LogP contribution in [0.15, 0.2) is 30.3 Å². The molecular formula is C15H14N2S. The molecule has 2 nitrogen and oxygen atoms in total. The van der Waals surface area contributed by atoms with Gasteiger partial charge in [0.25, 0.3) is 0 Å². The maximum Gasteiger partial charge on any atom is 0.167 e. The topological polar surface area (TPSA) is 16.1 Å². The zero-order chi connectivity index (χ0) is 12.4. The smallest absolute Gasteiger partial charge is 0.167 e. The fraction of sp³-hybridized carbons (Fsp3) is 0.267. The van der Waals surface area contributed by atoms with Crippen LogP contribution in [0.25, 0.3) is 0 Å². The second kappa shape index (κ2) is 4.93. The Morgan fingerprint density at radius 3 is 2.89 bits per heavy atom. The van der Waals surface area contributed by atoms with E-state index >= 15 is 0 Å². The molecule has 0 radical (unpaired) electrons. The Bertz CT molecular complexity index is 604.